The van der Waals surface area contributed by atoms with Crippen LogP contribution in [-0.2, 0) is 13.1 Å². The first-order valence-corrected chi connectivity index (χ1v) is 6.64. The molecule has 0 spiro atoms. The number of rotatable bonds is 6. The van der Waals surface area contributed by atoms with Crippen LogP contribution in [0.5, 0.6) is 0 Å². The van der Waals surface area contributed by atoms with Gasteiger partial charge < -0.3 is 5.11 Å². The van der Waals surface area contributed by atoms with Gasteiger partial charge in [-0.05, 0) is 36.9 Å². The van der Waals surface area contributed by atoms with Crippen LogP contribution < -0.4 is 0 Å². The molecule has 0 atom stereocenters. The molecule has 6 heteroatoms. The van der Waals surface area contributed by atoms with Gasteiger partial charge in [0.05, 0.1) is 19.7 Å². The highest BCUT2D eigenvalue weighted by molar-refractivity contribution is 5.14. The van der Waals surface area contributed by atoms with Crippen LogP contribution >= 0.6 is 0 Å². The number of benzene rings is 1. The van der Waals surface area contributed by atoms with Crippen LogP contribution in [0, 0.1) is 0 Å². The normalized spacial score (nSPS) is 12.1. The first-order valence-electron chi connectivity index (χ1n) is 6.64. The Kier molecular flexibility index (Phi) is 4.46. The first-order chi connectivity index (χ1) is 9.53. The van der Waals surface area contributed by atoms with Crippen molar-refractivity contribution >= 4 is 0 Å². The van der Waals surface area contributed by atoms with Gasteiger partial charge in [-0.25, -0.2) is 4.68 Å². The van der Waals surface area contributed by atoms with E-state index in [1.807, 2.05) is 56.1 Å². The molecule has 1 aromatic heterocycles. The van der Waals surface area contributed by atoms with Gasteiger partial charge in [-0.3, -0.25) is 4.90 Å². The third-order valence-corrected chi connectivity index (χ3v) is 3.58. The van der Waals surface area contributed by atoms with E-state index in [-0.39, 0.29) is 12.1 Å². The zero-order chi connectivity index (χ0) is 14.6. The second-order valence-corrected chi connectivity index (χ2v) is 5.56. The molecule has 0 aliphatic rings. The fraction of sp³-hybridized carbons (Fsp3) is 0.500. The zero-order valence-electron chi connectivity index (χ0n) is 12.2. The van der Waals surface area contributed by atoms with E-state index in [0.717, 1.165) is 11.4 Å². The summed E-state index contributed by atoms with van der Waals surface area (Å²) in [5.41, 5.74) is 0.855. The van der Waals surface area contributed by atoms with Crippen molar-refractivity contribution in [2.45, 2.75) is 32.5 Å². The molecule has 2 rings (SSSR count). The minimum absolute atomic E-state index is 0.0871. The summed E-state index contributed by atoms with van der Waals surface area (Å²) in [6.07, 6.45) is 0. The Morgan fingerprint density at radius 2 is 1.95 bits per heavy atom. The number of likely N-dealkylation sites (N-methyl/N-ethyl adjacent to an activating group) is 1. The molecule has 0 saturated carbocycles. The third kappa shape index (κ3) is 3.40. The van der Waals surface area contributed by atoms with Gasteiger partial charge in [-0.2, -0.15) is 0 Å². The van der Waals surface area contributed by atoms with Gasteiger partial charge in [0.2, 0.25) is 0 Å². The molecule has 20 heavy (non-hydrogen) atoms. The maximum Gasteiger partial charge on any atom is 0.165 e. The average molecular weight is 275 g/mol. The Balaban J connectivity index is 2.09. The lowest BCUT2D eigenvalue weighted by molar-refractivity contribution is 0.0703. The van der Waals surface area contributed by atoms with Crippen LogP contribution in [0.2, 0.25) is 0 Å². The van der Waals surface area contributed by atoms with Crippen molar-refractivity contribution in [3.05, 3.63) is 41.7 Å². The standard InChI is InChI=1S/C14H21N5O/c1-14(2,11-20)18(3)10-13-15-16-17-19(13)9-12-7-5-4-6-8-12/h4-8,20H,9-11H2,1-3H3. The highest BCUT2D eigenvalue weighted by Crippen LogP contribution is 2.14. The summed E-state index contributed by atoms with van der Waals surface area (Å²) in [7, 11) is 1.96. The van der Waals surface area contributed by atoms with Crippen molar-refractivity contribution in [3.8, 4) is 0 Å². The SMILES string of the molecule is CN(Cc1nnnn1Cc1ccccc1)C(C)(C)CO. The molecule has 2 aromatic rings. The Bertz CT molecular complexity index is 538. The minimum Gasteiger partial charge on any atom is -0.394 e. The summed E-state index contributed by atoms with van der Waals surface area (Å²) in [5.74, 6) is 0.790. The summed E-state index contributed by atoms with van der Waals surface area (Å²) < 4.78 is 1.79. The summed E-state index contributed by atoms with van der Waals surface area (Å²) in [4.78, 5) is 2.04. The van der Waals surface area contributed by atoms with Crippen molar-refractivity contribution in [3.63, 3.8) is 0 Å². The fourth-order valence-corrected chi connectivity index (χ4v) is 1.76. The summed E-state index contributed by atoms with van der Waals surface area (Å²) in [5, 5.41) is 21.3. The monoisotopic (exact) mass is 275 g/mol. The largest absolute Gasteiger partial charge is 0.394 e. The van der Waals surface area contributed by atoms with Crippen LogP contribution in [0.4, 0.5) is 0 Å². The van der Waals surface area contributed by atoms with E-state index < -0.39 is 0 Å². The van der Waals surface area contributed by atoms with Crippen molar-refractivity contribution in [1.82, 2.24) is 25.1 Å². The molecule has 0 aliphatic heterocycles. The molecular weight excluding hydrogens is 254 g/mol. The van der Waals surface area contributed by atoms with E-state index in [4.69, 9.17) is 0 Å². The van der Waals surface area contributed by atoms with Crippen LogP contribution in [0.3, 0.4) is 0 Å². The van der Waals surface area contributed by atoms with Gasteiger partial charge in [0, 0.05) is 5.54 Å². The van der Waals surface area contributed by atoms with Gasteiger partial charge in [-0.1, -0.05) is 30.3 Å². The van der Waals surface area contributed by atoms with Crippen LogP contribution in [0.25, 0.3) is 0 Å². The van der Waals surface area contributed by atoms with Crippen molar-refractivity contribution in [1.29, 1.82) is 0 Å². The zero-order valence-corrected chi connectivity index (χ0v) is 12.2. The molecule has 0 bridgehead atoms. The average Bonchev–Trinajstić information content (AvgIpc) is 2.87. The van der Waals surface area contributed by atoms with E-state index >= 15 is 0 Å². The second-order valence-electron chi connectivity index (χ2n) is 5.56. The van der Waals surface area contributed by atoms with Gasteiger partial charge in [0.1, 0.15) is 0 Å². The van der Waals surface area contributed by atoms with E-state index in [9.17, 15) is 5.11 Å². The molecule has 0 radical (unpaired) electrons. The number of hydrogen-bond donors (Lipinski definition) is 1. The lowest BCUT2D eigenvalue weighted by Gasteiger charge is -2.33. The van der Waals surface area contributed by atoms with Crippen LogP contribution in [-0.4, -0.2) is 49.4 Å². The van der Waals surface area contributed by atoms with Crippen molar-refractivity contribution in [2.24, 2.45) is 0 Å². The molecule has 1 N–H and O–H groups in total. The lowest BCUT2D eigenvalue weighted by Crippen LogP contribution is -2.44. The molecule has 0 fully saturated rings. The minimum atomic E-state index is -0.302. The van der Waals surface area contributed by atoms with Gasteiger partial charge in [0.15, 0.2) is 5.82 Å². The predicted molar refractivity (Wildman–Crippen MR) is 76.0 cm³/mol. The number of aromatic nitrogens is 4. The van der Waals surface area contributed by atoms with Gasteiger partial charge in [-0.15, -0.1) is 5.10 Å². The fourth-order valence-electron chi connectivity index (χ4n) is 1.76. The maximum absolute atomic E-state index is 9.40. The molecule has 6 nitrogen and oxygen atoms in total. The molecule has 0 amide bonds. The van der Waals surface area contributed by atoms with E-state index in [2.05, 4.69) is 15.5 Å². The highest BCUT2D eigenvalue weighted by Gasteiger charge is 2.24. The number of tetrazole rings is 1. The molecule has 108 valence electrons. The van der Waals surface area contributed by atoms with Crippen molar-refractivity contribution in [2.75, 3.05) is 13.7 Å². The Morgan fingerprint density at radius 3 is 2.60 bits per heavy atom. The molecule has 1 aromatic carbocycles. The van der Waals surface area contributed by atoms with Crippen LogP contribution in [0.1, 0.15) is 25.2 Å². The number of hydrogen-bond acceptors (Lipinski definition) is 5. The first kappa shape index (κ1) is 14.6. The van der Waals surface area contributed by atoms with E-state index in [0.29, 0.717) is 13.1 Å². The smallest absolute Gasteiger partial charge is 0.165 e. The summed E-state index contributed by atoms with van der Waals surface area (Å²) in [6, 6.07) is 10.1. The molecule has 0 unspecified atom stereocenters. The molecule has 1 heterocycles. The molecule has 0 saturated heterocycles. The predicted octanol–water partition coefficient (Wildman–Crippen LogP) is 0.924. The van der Waals surface area contributed by atoms with E-state index in [1.165, 1.54) is 0 Å². The third-order valence-electron chi connectivity index (χ3n) is 3.58. The quantitative estimate of drug-likeness (QED) is 0.849. The van der Waals surface area contributed by atoms with Gasteiger partial charge >= 0.3 is 0 Å². The Labute approximate surface area is 119 Å². The summed E-state index contributed by atoms with van der Waals surface area (Å²) >= 11 is 0. The van der Waals surface area contributed by atoms with Crippen molar-refractivity contribution < 1.29 is 5.11 Å². The molecular formula is C14H21N5O. The second kappa shape index (κ2) is 6.11. The number of aliphatic hydroxyl groups is 1. The summed E-state index contributed by atoms with van der Waals surface area (Å²) in [6.45, 7) is 5.30. The number of aliphatic hydroxyl groups excluding tert-OH is 1. The van der Waals surface area contributed by atoms with E-state index in [1.54, 1.807) is 4.68 Å². The maximum atomic E-state index is 9.40. The Morgan fingerprint density at radius 1 is 1.25 bits per heavy atom. The lowest BCUT2D eigenvalue weighted by atomic mass is 10.1. The highest BCUT2D eigenvalue weighted by atomic mass is 16.3. The van der Waals surface area contributed by atoms with Crippen LogP contribution in [0.15, 0.2) is 30.3 Å². The molecule has 0 aliphatic carbocycles. The van der Waals surface area contributed by atoms with Gasteiger partial charge in [0.25, 0.3) is 0 Å². The Hall–Kier alpha value is -1.79. The number of nitrogens with zero attached hydrogens (tertiary/aromatic N) is 5. The topological polar surface area (TPSA) is 67.1 Å².